The minimum Gasteiger partial charge on any atom is -0.493 e. The van der Waals surface area contributed by atoms with E-state index in [9.17, 15) is 9.59 Å². The zero-order valence-electron chi connectivity index (χ0n) is 17.4. The quantitative estimate of drug-likeness (QED) is 0.643. The van der Waals surface area contributed by atoms with Crippen LogP contribution in [0, 0.1) is 0 Å². The van der Waals surface area contributed by atoms with Gasteiger partial charge < -0.3 is 20.1 Å². The van der Waals surface area contributed by atoms with Crippen molar-refractivity contribution in [3.63, 3.8) is 0 Å². The first-order chi connectivity index (χ1) is 14.5. The summed E-state index contributed by atoms with van der Waals surface area (Å²) in [6, 6.07) is 14.1. The number of ether oxygens (including phenoxy) is 2. The molecule has 1 aliphatic rings. The lowest BCUT2D eigenvalue weighted by Gasteiger charge is -2.18. The number of benzene rings is 2. The van der Waals surface area contributed by atoms with Gasteiger partial charge in [-0.15, -0.1) is 0 Å². The summed E-state index contributed by atoms with van der Waals surface area (Å²) in [5.74, 6) is 0.604. The van der Waals surface area contributed by atoms with Crippen LogP contribution in [0.1, 0.15) is 38.2 Å². The fourth-order valence-electron chi connectivity index (χ4n) is 3.35. The van der Waals surface area contributed by atoms with Crippen LogP contribution in [0.25, 0.3) is 6.08 Å². The average molecular weight is 408 g/mol. The minimum atomic E-state index is -0.695. The molecule has 6 nitrogen and oxygen atoms in total. The van der Waals surface area contributed by atoms with Gasteiger partial charge in [0.05, 0.1) is 13.2 Å². The van der Waals surface area contributed by atoms with E-state index >= 15 is 0 Å². The van der Waals surface area contributed by atoms with E-state index < -0.39 is 6.04 Å². The molecule has 1 saturated carbocycles. The van der Waals surface area contributed by atoms with Crippen molar-refractivity contribution in [2.45, 2.75) is 44.8 Å². The molecule has 30 heavy (non-hydrogen) atoms. The maximum Gasteiger partial charge on any atom is 0.246 e. The van der Waals surface area contributed by atoms with Crippen LogP contribution in [-0.4, -0.2) is 31.1 Å². The Bertz CT molecular complexity index is 889. The van der Waals surface area contributed by atoms with Crippen molar-refractivity contribution in [3.8, 4) is 11.5 Å². The van der Waals surface area contributed by atoms with Crippen molar-refractivity contribution >= 4 is 23.6 Å². The fraction of sp³-hybridized carbons (Fsp3) is 0.333. The normalized spacial score (nSPS) is 15.0. The summed E-state index contributed by atoms with van der Waals surface area (Å²) >= 11 is 0. The Balaban J connectivity index is 1.57. The molecular formula is C24H28N2O4. The molecule has 0 saturated heterocycles. The summed E-state index contributed by atoms with van der Waals surface area (Å²) in [4.78, 5) is 24.6. The lowest BCUT2D eigenvalue weighted by Crippen LogP contribution is -2.40. The number of hydrogen-bond acceptors (Lipinski definition) is 4. The van der Waals surface area contributed by atoms with Gasteiger partial charge >= 0.3 is 0 Å². The van der Waals surface area contributed by atoms with Crippen molar-refractivity contribution in [2.75, 3.05) is 12.4 Å². The number of rotatable bonds is 8. The van der Waals surface area contributed by atoms with Gasteiger partial charge in [0.15, 0.2) is 11.5 Å². The third kappa shape index (κ3) is 6.11. The molecule has 0 aliphatic heterocycles. The van der Waals surface area contributed by atoms with E-state index in [0.717, 1.165) is 18.4 Å². The smallest absolute Gasteiger partial charge is 0.246 e. The lowest BCUT2D eigenvalue weighted by atomic mass is 10.2. The molecule has 2 aromatic carbocycles. The number of anilines is 1. The van der Waals surface area contributed by atoms with Crippen LogP contribution in [0.5, 0.6) is 11.5 Å². The Hall–Kier alpha value is -3.28. The van der Waals surface area contributed by atoms with Crippen molar-refractivity contribution in [1.82, 2.24) is 5.32 Å². The van der Waals surface area contributed by atoms with Crippen LogP contribution < -0.4 is 20.1 Å². The van der Waals surface area contributed by atoms with E-state index in [1.165, 1.54) is 18.9 Å². The number of methoxy groups -OCH3 is 1. The third-order valence-corrected chi connectivity index (χ3v) is 5.01. The molecule has 3 rings (SSSR count). The SMILES string of the molecule is COc1ccc(NC(=O)C(C)NC(=O)/C=C/c2ccccc2)cc1OC1CCCC1. The molecule has 1 atom stereocenters. The summed E-state index contributed by atoms with van der Waals surface area (Å²) < 4.78 is 11.4. The first-order valence-electron chi connectivity index (χ1n) is 10.2. The van der Waals surface area contributed by atoms with Gasteiger partial charge in [0.1, 0.15) is 6.04 Å². The van der Waals surface area contributed by atoms with Gasteiger partial charge in [-0.05, 0) is 56.4 Å². The number of hydrogen-bond donors (Lipinski definition) is 2. The minimum absolute atomic E-state index is 0.180. The van der Waals surface area contributed by atoms with Gasteiger partial charge in [0, 0.05) is 17.8 Å². The van der Waals surface area contributed by atoms with E-state index in [2.05, 4.69) is 10.6 Å². The zero-order chi connectivity index (χ0) is 21.3. The number of carbonyl (C=O) groups is 2. The Morgan fingerprint density at radius 3 is 2.50 bits per heavy atom. The second-order valence-corrected chi connectivity index (χ2v) is 7.35. The van der Waals surface area contributed by atoms with E-state index in [4.69, 9.17) is 9.47 Å². The van der Waals surface area contributed by atoms with E-state index in [0.29, 0.717) is 17.2 Å². The molecule has 2 amide bonds. The topological polar surface area (TPSA) is 76.7 Å². The van der Waals surface area contributed by atoms with Gasteiger partial charge in [-0.3, -0.25) is 9.59 Å². The Morgan fingerprint density at radius 2 is 1.80 bits per heavy atom. The molecule has 0 bridgehead atoms. The highest BCUT2D eigenvalue weighted by Crippen LogP contribution is 2.33. The number of nitrogens with one attached hydrogen (secondary N) is 2. The molecule has 6 heteroatoms. The van der Waals surface area contributed by atoms with Crippen LogP contribution in [0.15, 0.2) is 54.6 Å². The first kappa shape index (κ1) is 21.4. The van der Waals surface area contributed by atoms with Gasteiger partial charge in [-0.1, -0.05) is 30.3 Å². The summed E-state index contributed by atoms with van der Waals surface area (Å²) in [5, 5.41) is 5.50. The van der Waals surface area contributed by atoms with Gasteiger partial charge in [0.2, 0.25) is 11.8 Å². The van der Waals surface area contributed by atoms with Gasteiger partial charge in [-0.25, -0.2) is 0 Å². The Kier molecular flexibility index (Phi) is 7.49. The second kappa shape index (κ2) is 10.5. The summed E-state index contributed by atoms with van der Waals surface area (Å²) in [7, 11) is 1.59. The summed E-state index contributed by atoms with van der Waals surface area (Å²) in [5.41, 5.74) is 1.51. The molecule has 2 aromatic rings. The summed E-state index contributed by atoms with van der Waals surface area (Å²) in [6.45, 7) is 1.64. The van der Waals surface area contributed by atoms with E-state index in [1.54, 1.807) is 38.3 Å². The maximum atomic E-state index is 12.5. The molecule has 2 N–H and O–H groups in total. The van der Waals surface area contributed by atoms with Crippen LogP contribution in [0.2, 0.25) is 0 Å². The second-order valence-electron chi connectivity index (χ2n) is 7.35. The van der Waals surface area contributed by atoms with Gasteiger partial charge in [-0.2, -0.15) is 0 Å². The third-order valence-electron chi connectivity index (χ3n) is 5.01. The largest absolute Gasteiger partial charge is 0.493 e. The molecule has 0 radical (unpaired) electrons. The van der Waals surface area contributed by atoms with Crippen molar-refractivity contribution in [3.05, 3.63) is 60.2 Å². The van der Waals surface area contributed by atoms with Crippen LogP contribution in [0.4, 0.5) is 5.69 Å². The average Bonchev–Trinajstić information content (AvgIpc) is 3.26. The molecule has 1 aliphatic carbocycles. The predicted molar refractivity (Wildman–Crippen MR) is 118 cm³/mol. The standard InChI is InChI=1S/C24H28N2O4/c1-17(25-23(27)15-12-18-8-4-3-5-9-18)24(28)26-19-13-14-21(29-2)22(16-19)30-20-10-6-7-11-20/h3-5,8-9,12-17,20H,6-7,10-11H2,1-2H3,(H,25,27)(H,26,28)/b15-12+. The predicted octanol–water partition coefficient (Wildman–Crippen LogP) is 4.17. The van der Waals surface area contributed by atoms with Crippen LogP contribution in [-0.2, 0) is 9.59 Å². The Labute approximate surface area is 177 Å². The monoisotopic (exact) mass is 408 g/mol. The lowest BCUT2D eigenvalue weighted by molar-refractivity contribution is -0.123. The maximum absolute atomic E-state index is 12.5. The zero-order valence-corrected chi connectivity index (χ0v) is 17.4. The molecule has 1 unspecified atom stereocenters. The molecular weight excluding hydrogens is 380 g/mol. The van der Waals surface area contributed by atoms with Crippen molar-refractivity contribution < 1.29 is 19.1 Å². The van der Waals surface area contributed by atoms with Crippen molar-refractivity contribution in [1.29, 1.82) is 0 Å². The molecule has 0 heterocycles. The highest BCUT2D eigenvalue weighted by molar-refractivity contribution is 5.99. The fourth-order valence-corrected chi connectivity index (χ4v) is 3.35. The number of amides is 2. The summed E-state index contributed by atoms with van der Waals surface area (Å²) in [6.07, 6.45) is 7.69. The number of carbonyl (C=O) groups excluding carboxylic acids is 2. The van der Waals surface area contributed by atoms with E-state index in [-0.39, 0.29) is 17.9 Å². The van der Waals surface area contributed by atoms with Crippen LogP contribution >= 0.6 is 0 Å². The van der Waals surface area contributed by atoms with Crippen LogP contribution in [0.3, 0.4) is 0 Å². The highest BCUT2D eigenvalue weighted by Gasteiger charge is 2.20. The molecule has 158 valence electrons. The van der Waals surface area contributed by atoms with Crippen molar-refractivity contribution in [2.24, 2.45) is 0 Å². The molecule has 0 aromatic heterocycles. The highest BCUT2D eigenvalue weighted by atomic mass is 16.5. The van der Waals surface area contributed by atoms with Gasteiger partial charge in [0.25, 0.3) is 0 Å². The molecule has 1 fully saturated rings. The first-order valence-corrected chi connectivity index (χ1v) is 10.2. The van der Waals surface area contributed by atoms with E-state index in [1.807, 2.05) is 30.3 Å². The molecule has 0 spiro atoms. The Morgan fingerprint density at radius 1 is 1.07 bits per heavy atom.